The molecule has 10 nitrogen and oxygen atoms in total. The Labute approximate surface area is 199 Å². The first-order valence-corrected chi connectivity index (χ1v) is 10.5. The normalized spacial score (nSPS) is 15.0. The van der Waals surface area contributed by atoms with E-state index >= 15 is 0 Å². The molecule has 1 saturated heterocycles. The highest BCUT2D eigenvalue weighted by Crippen LogP contribution is 2.35. The maximum absolute atomic E-state index is 14.8. The van der Waals surface area contributed by atoms with Crippen LogP contribution in [-0.4, -0.2) is 65.0 Å². The van der Waals surface area contributed by atoms with Crippen LogP contribution in [0.3, 0.4) is 0 Å². The number of anilines is 1. The third-order valence-corrected chi connectivity index (χ3v) is 5.65. The number of nitrogen functional groups attached to an aromatic ring is 1. The molecule has 4 heterocycles. The molecule has 1 aliphatic heterocycles. The summed E-state index contributed by atoms with van der Waals surface area (Å²) in [6.07, 6.45) is 3.31. The Hall–Kier alpha value is -4.40. The number of halogens is 2. The van der Waals surface area contributed by atoms with Crippen LogP contribution in [0.5, 0.6) is 17.5 Å². The third kappa shape index (κ3) is 4.05. The standard InChI is InChI=1S/C23H22F2N6O4/c1-5-16(32)30-9-8-12(11-30)31-20-15(33-2)10-27-21(26)17(20)14(29-31)7-6-13-18(24)22(34-3)28-23(35-4)19(13)25/h5,10,12H,1,8-9,11H2,2-4H3,(H2,26,27)/t12-/m0/s1. The van der Waals surface area contributed by atoms with Gasteiger partial charge in [-0.15, -0.1) is 0 Å². The van der Waals surface area contributed by atoms with Gasteiger partial charge >= 0.3 is 0 Å². The Kier molecular flexibility index (Phi) is 6.42. The molecule has 35 heavy (non-hydrogen) atoms. The highest BCUT2D eigenvalue weighted by Gasteiger charge is 2.30. The summed E-state index contributed by atoms with van der Waals surface area (Å²) in [5.74, 6) is 2.36. The van der Waals surface area contributed by atoms with Crippen LogP contribution >= 0.6 is 0 Å². The molecule has 1 aliphatic rings. The molecular formula is C23H22F2N6O4. The van der Waals surface area contributed by atoms with Gasteiger partial charge in [-0.05, 0) is 18.4 Å². The van der Waals surface area contributed by atoms with Gasteiger partial charge in [-0.25, -0.2) is 4.98 Å². The zero-order valence-electron chi connectivity index (χ0n) is 19.3. The van der Waals surface area contributed by atoms with E-state index in [1.165, 1.54) is 33.6 Å². The van der Waals surface area contributed by atoms with Gasteiger partial charge in [0.05, 0.1) is 39.0 Å². The number of carbonyl (C=O) groups is 1. The minimum Gasteiger partial charge on any atom is -0.493 e. The van der Waals surface area contributed by atoms with Crippen molar-refractivity contribution in [1.82, 2.24) is 24.6 Å². The monoisotopic (exact) mass is 484 g/mol. The average molecular weight is 484 g/mol. The summed E-state index contributed by atoms with van der Waals surface area (Å²) >= 11 is 0. The van der Waals surface area contributed by atoms with Gasteiger partial charge in [0.25, 0.3) is 11.8 Å². The number of nitrogens with two attached hydrogens (primary N) is 1. The zero-order chi connectivity index (χ0) is 25.3. The number of aromatic nitrogens is 4. The lowest BCUT2D eigenvalue weighted by Gasteiger charge is -2.16. The predicted molar refractivity (Wildman–Crippen MR) is 122 cm³/mol. The molecule has 1 atom stereocenters. The zero-order valence-corrected chi connectivity index (χ0v) is 19.3. The summed E-state index contributed by atoms with van der Waals surface area (Å²) in [5, 5.41) is 4.94. The van der Waals surface area contributed by atoms with E-state index in [-0.39, 0.29) is 23.5 Å². The number of hydrogen-bond acceptors (Lipinski definition) is 8. The predicted octanol–water partition coefficient (Wildman–Crippen LogP) is 2.07. The average Bonchev–Trinajstić information content (AvgIpc) is 3.50. The molecule has 0 spiro atoms. The molecule has 12 heteroatoms. The van der Waals surface area contributed by atoms with Gasteiger partial charge in [0.2, 0.25) is 17.5 Å². The number of amides is 1. The van der Waals surface area contributed by atoms with Crippen molar-refractivity contribution in [1.29, 1.82) is 0 Å². The fourth-order valence-corrected chi connectivity index (χ4v) is 3.94. The molecule has 0 unspecified atom stereocenters. The number of rotatable bonds is 5. The smallest absolute Gasteiger partial charge is 0.254 e. The Balaban J connectivity index is 1.89. The van der Waals surface area contributed by atoms with Crippen LogP contribution < -0.4 is 19.9 Å². The van der Waals surface area contributed by atoms with Gasteiger partial charge in [-0.2, -0.15) is 18.9 Å². The summed E-state index contributed by atoms with van der Waals surface area (Å²) in [6.45, 7) is 4.41. The fraction of sp³-hybridized carbons (Fsp3) is 0.304. The van der Waals surface area contributed by atoms with Crippen LogP contribution in [-0.2, 0) is 4.79 Å². The highest BCUT2D eigenvalue weighted by molar-refractivity contribution is 5.97. The molecule has 4 rings (SSSR count). The van der Waals surface area contributed by atoms with Crippen molar-refractivity contribution in [2.75, 3.05) is 40.2 Å². The molecule has 3 aromatic heterocycles. The number of pyridine rings is 2. The minimum atomic E-state index is -1.08. The first kappa shape index (κ1) is 23.7. The summed E-state index contributed by atoms with van der Waals surface area (Å²) in [7, 11) is 3.85. The lowest BCUT2D eigenvalue weighted by atomic mass is 10.2. The SMILES string of the molecule is C=CC(=O)N1CC[C@H](n2nc(C#Cc3c(F)c(OC)nc(OC)c3F)c3c(N)ncc(OC)c32)C1. The molecule has 1 amide bonds. The second kappa shape index (κ2) is 9.46. The van der Waals surface area contributed by atoms with Gasteiger partial charge in [0.1, 0.15) is 22.6 Å². The van der Waals surface area contributed by atoms with E-state index in [1.807, 2.05) is 0 Å². The Morgan fingerprint density at radius 3 is 2.49 bits per heavy atom. The van der Waals surface area contributed by atoms with E-state index < -0.39 is 29.0 Å². The topological polar surface area (TPSA) is 118 Å². The minimum absolute atomic E-state index is 0.110. The van der Waals surface area contributed by atoms with Crippen molar-refractivity contribution in [3.05, 3.63) is 41.7 Å². The number of carbonyl (C=O) groups excluding carboxylic acids is 1. The van der Waals surface area contributed by atoms with Crippen molar-refractivity contribution < 1.29 is 27.8 Å². The maximum atomic E-state index is 14.8. The summed E-state index contributed by atoms with van der Waals surface area (Å²) in [5.41, 5.74) is 6.18. The molecule has 0 radical (unpaired) electrons. The van der Waals surface area contributed by atoms with Crippen molar-refractivity contribution in [3.8, 4) is 29.4 Å². The number of fused-ring (bicyclic) bond motifs is 1. The summed E-state index contributed by atoms with van der Waals surface area (Å²) in [4.78, 5) is 21.5. The van der Waals surface area contributed by atoms with Crippen molar-refractivity contribution in [2.45, 2.75) is 12.5 Å². The van der Waals surface area contributed by atoms with E-state index in [2.05, 4.69) is 33.5 Å². The van der Waals surface area contributed by atoms with Crippen molar-refractivity contribution in [3.63, 3.8) is 0 Å². The first-order chi connectivity index (χ1) is 16.8. The van der Waals surface area contributed by atoms with Crippen LogP contribution in [0.25, 0.3) is 10.9 Å². The number of nitrogens with zero attached hydrogens (tertiary/aromatic N) is 5. The Morgan fingerprint density at radius 1 is 1.20 bits per heavy atom. The van der Waals surface area contributed by atoms with Crippen LogP contribution in [0, 0.1) is 23.5 Å². The Bertz CT molecular complexity index is 1370. The second-order valence-corrected chi connectivity index (χ2v) is 7.54. The number of ether oxygens (including phenoxy) is 3. The van der Waals surface area contributed by atoms with E-state index in [9.17, 15) is 13.6 Å². The fourth-order valence-electron chi connectivity index (χ4n) is 3.94. The van der Waals surface area contributed by atoms with E-state index in [0.29, 0.717) is 36.2 Å². The Morgan fingerprint density at radius 2 is 1.89 bits per heavy atom. The van der Waals surface area contributed by atoms with Gasteiger partial charge in [-0.1, -0.05) is 12.5 Å². The molecule has 182 valence electrons. The quantitative estimate of drug-likeness (QED) is 0.432. The van der Waals surface area contributed by atoms with Gasteiger partial charge in [0.15, 0.2) is 5.75 Å². The molecule has 0 aromatic carbocycles. The van der Waals surface area contributed by atoms with Crippen molar-refractivity contribution in [2.24, 2.45) is 0 Å². The highest BCUT2D eigenvalue weighted by atomic mass is 19.1. The molecule has 0 saturated carbocycles. The van der Waals surface area contributed by atoms with Crippen LogP contribution in [0.2, 0.25) is 0 Å². The molecule has 0 bridgehead atoms. The van der Waals surface area contributed by atoms with Crippen LogP contribution in [0.4, 0.5) is 14.6 Å². The molecule has 3 aromatic rings. The third-order valence-electron chi connectivity index (χ3n) is 5.65. The van der Waals surface area contributed by atoms with E-state index in [1.54, 1.807) is 9.58 Å². The molecule has 2 N–H and O–H groups in total. The van der Waals surface area contributed by atoms with E-state index in [0.717, 1.165) is 0 Å². The second-order valence-electron chi connectivity index (χ2n) is 7.54. The van der Waals surface area contributed by atoms with Crippen LogP contribution in [0.1, 0.15) is 23.7 Å². The number of hydrogen-bond donors (Lipinski definition) is 1. The molecule has 1 fully saturated rings. The molecular weight excluding hydrogens is 462 g/mol. The van der Waals surface area contributed by atoms with Gasteiger partial charge < -0.3 is 24.8 Å². The lowest BCUT2D eigenvalue weighted by molar-refractivity contribution is -0.125. The first-order valence-electron chi connectivity index (χ1n) is 10.5. The summed E-state index contributed by atoms with van der Waals surface area (Å²) < 4.78 is 46.4. The maximum Gasteiger partial charge on any atom is 0.254 e. The van der Waals surface area contributed by atoms with Gasteiger partial charge in [0, 0.05) is 13.1 Å². The number of methoxy groups -OCH3 is 3. The summed E-state index contributed by atoms with van der Waals surface area (Å²) in [6, 6.07) is -0.220. The molecule has 0 aliphatic carbocycles. The lowest BCUT2D eigenvalue weighted by Crippen LogP contribution is -2.27. The van der Waals surface area contributed by atoms with Gasteiger partial charge in [-0.3, -0.25) is 9.48 Å². The largest absolute Gasteiger partial charge is 0.493 e. The van der Waals surface area contributed by atoms with Crippen molar-refractivity contribution >= 4 is 22.6 Å². The number of likely N-dealkylation sites (tertiary alicyclic amines) is 1. The van der Waals surface area contributed by atoms with E-state index in [4.69, 9.17) is 19.9 Å². The van der Waals surface area contributed by atoms with Crippen LogP contribution in [0.15, 0.2) is 18.9 Å².